The Labute approximate surface area is 156 Å². The van der Waals surface area contributed by atoms with Gasteiger partial charge in [-0.3, -0.25) is 9.59 Å². The highest BCUT2D eigenvalue weighted by Gasteiger charge is 2.42. The van der Waals surface area contributed by atoms with E-state index in [1.165, 1.54) is 12.4 Å². The average molecular weight is 394 g/mol. The number of alkyl halides is 3. The topological polar surface area (TPSA) is 55.2 Å². The predicted octanol–water partition coefficient (Wildman–Crippen LogP) is 4.21. The number of carbonyl (C=O) groups is 2. The number of hydrogen-bond donors (Lipinski definition) is 0. The minimum Gasteiger partial charge on any atom is -0.317 e. The molecule has 5 nitrogen and oxygen atoms in total. The number of imidazole rings is 1. The van der Waals surface area contributed by atoms with Crippen molar-refractivity contribution in [3.63, 3.8) is 0 Å². The summed E-state index contributed by atoms with van der Waals surface area (Å²) in [5.74, 6) is -1.20. The minimum absolute atomic E-state index is 0.159. The number of para-hydroxylation sites is 2. The molecule has 3 aromatic rings. The summed E-state index contributed by atoms with van der Waals surface area (Å²) < 4.78 is 40.9. The van der Waals surface area contributed by atoms with Crippen LogP contribution in [0.5, 0.6) is 0 Å². The Morgan fingerprint density at radius 2 is 1.85 bits per heavy atom. The molecule has 2 aromatic carbocycles. The number of amides is 2. The first-order chi connectivity index (χ1) is 12.8. The average Bonchev–Trinajstić information content (AvgIpc) is 3.15. The molecule has 2 amide bonds. The first-order valence-corrected chi connectivity index (χ1v) is 8.30. The smallest absolute Gasteiger partial charge is 0.317 e. The Balaban J connectivity index is 1.74. The standard InChI is InChI=1S/C18H11ClF3N3O2/c19-12-6-5-10(7-11(12)18(20,21)22)25-16(26)8-15(17(25)27)24-9-23-13-3-1-2-4-14(13)24/h1-7,9,15H,8H2/t15-/m0/s1. The van der Waals surface area contributed by atoms with Crippen molar-refractivity contribution in [2.45, 2.75) is 18.6 Å². The molecule has 2 heterocycles. The molecule has 138 valence electrons. The van der Waals surface area contributed by atoms with Gasteiger partial charge < -0.3 is 4.57 Å². The van der Waals surface area contributed by atoms with Crippen LogP contribution in [0.15, 0.2) is 48.8 Å². The van der Waals surface area contributed by atoms with Crippen molar-refractivity contribution in [3.8, 4) is 0 Å². The van der Waals surface area contributed by atoms with Crippen LogP contribution in [-0.4, -0.2) is 21.4 Å². The molecular weight excluding hydrogens is 383 g/mol. The zero-order valence-electron chi connectivity index (χ0n) is 13.6. The van der Waals surface area contributed by atoms with E-state index < -0.39 is 34.6 Å². The van der Waals surface area contributed by atoms with E-state index in [2.05, 4.69) is 4.98 Å². The Kier molecular flexibility index (Phi) is 3.96. The van der Waals surface area contributed by atoms with Crippen molar-refractivity contribution in [1.82, 2.24) is 9.55 Å². The monoisotopic (exact) mass is 393 g/mol. The number of carbonyl (C=O) groups excluding carboxylic acids is 2. The van der Waals surface area contributed by atoms with Crippen LogP contribution < -0.4 is 4.90 Å². The molecule has 1 fully saturated rings. The van der Waals surface area contributed by atoms with Crippen LogP contribution in [0.2, 0.25) is 5.02 Å². The molecule has 0 saturated carbocycles. The maximum absolute atomic E-state index is 13.1. The van der Waals surface area contributed by atoms with Crippen molar-refractivity contribution in [1.29, 1.82) is 0 Å². The summed E-state index contributed by atoms with van der Waals surface area (Å²) in [4.78, 5) is 30.2. The number of nitrogens with zero attached hydrogens (tertiary/aromatic N) is 3. The van der Waals surface area contributed by atoms with Gasteiger partial charge in [-0.2, -0.15) is 13.2 Å². The summed E-state index contributed by atoms with van der Waals surface area (Å²) in [7, 11) is 0. The maximum atomic E-state index is 13.1. The zero-order valence-corrected chi connectivity index (χ0v) is 14.3. The highest BCUT2D eigenvalue weighted by atomic mass is 35.5. The number of benzene rings is 2. The van der Waals surface area contributed by atoms with E-state index in [9.17, 15) is 22.8 Å². The van der Waals surface area contributed by atoms with Gasteiger partial charge in [0.1, 0.15) is 6.04 Å². The van der Waals surface area contributed by atoms with Crippen LogP contribution >= 0.6 is 11.6 Å². The first kappa shape index (κ1) is 17.5. The summed E-state index contributed by atoms with van der Waals surface area (Å²) in [6.45, 7) is 0. The largest absolute Gasteiger partial charge is 0.417 e. The fourth-order valence-electron chi connectivity index (χ4n) is 3.20. The van der Waals surface area contributed by atoms with Gasteiger partial charge in [-0.1, -0.05) is 23.7 Å². The van der Waals surface area contributed by atoms with E-state index in [4.69, 9.17) is 11.6 Å². The molecule has 0 unspecified atom stereocenters. The lowest BCUT2D eigenvalue weighted by molar-refractivity contribution is -0.137. The number of fused-ring (bicyclic) bond motifs is 1. The molecule has 1 atom stereocenters. The zero-order chi connectivity index (χ0) is 19.3. The summed E-state index contributed by atoms with van der Waals surface area (Å²) in [5, 5.41) is -0.498. The molecule has 27 heavy (non-hydrogen) atoms. The number of imide groups is 1. The van der Waals surface area contributed by atoms with E-state index in [1.54, 1.807) is 28.8 Å². The Bertz CT molecular complexity index is 1080. The Morgan fingerprint density at radius 1 is 1.11 bits per heavy atom. The van der Waals surface area contributed by atoms with Crippen LogP contribution in [0.4, 0.5) is 18.9 Å². The molecule has 1 aliphatic heterocycles. The lowest BCUT2D eigenvalue weighted by Gasteiger charge is -2.18. The van der Waals surface area contributed by atoms with Gasteiger partial charge in [-0.05, 0) is 30.3 Å². The van der Waals surface area contributed by atoms with Crippen LogP contribution in [0.1, 0.15) is 18.0 Å². The molecule has 0 radical (unpaired) electrons. The lowest BCUT2D eigenvalue weighted by Crippen LogP contribution is -2.31. The fourth-order valence-corrected chi connectivity index (χ4v) is 3.43. The Hall–Kier alpha value is -2.87. The maximum Gasteiger partial charge on any atom is 0.417 e. The van der Waals surface area contributed by atoms with E-state index in [0.717, 1.165) is 11.0 Å². The predicted molar refractivity (Wildman–Crippen MR) is 92.3 cm³/mol. The third-order valence-corrected chi connectivity index (χ3v) is 4.78. The second kappa shape index (κ2) is 6.09. The van der Waals surface area contributed by atoms with Crippen molar-refractivity contribution in [3.05, 3.63) is 59.4 Å². The van der Waals surface area contributed by atoms with Crippen LogP contribution in [0.3, 0.4) is 0 Å². The van der Waals surface area contributed by atoms with Crippen molar-refractivity contribution in [2.24, 2.45) is 0 Å². The fraction of sp³-hybridized carbons (Fsp3) is 0.167. The summed E-state index contributed by atoms with van der Waals surface area (Å²) in [6, 6.07) is 9.19. The third-order valence-electron chi connectivity index (χ3n) is 4.45. The molecule has 0 N–H and O–H groups in total. The number of rotatable bonds is 2. The van der Waals surface area contributed by atoms with Crippen molar-refractivity contribution in [2.75, 3.05) is 4.90 Å². The van der Waals surface area contributed by atoms with Crippen molar-refractivity contribution < 1.29 is 22.8 Å². The molecule has 1 saturated heterocycles. The minimum atomic E-state index is -4.70. The van der Waals surface area contributed by atoms with Gasteiger partial charge in [-0.25, -0.2) is 9.88 Å². The number of hydrogen-bond acceptors (Lipinski definition) is 3. The van der Waals surface area contributed by atoms with Crippen LogP contribution in [0.25, 0.3) is 11.0 Å². The molecule has 0 spiro atoms. The third kappa shape index (κ3) is 2.86. The van der Waals surface area contributed by atoms with Crippen LogP contribution in [-0.2, 0) is 15.8 Å². The van der Waals surface area contributed by atoms with E-state index >= 15 is 0 Å². The molecular formula is C18H11ClF3N3O2. The lowest BCUT2D eigenvalue weighted by atomic mass is 10.2. The van der Waals surface area contributed by atoms with Gasteiger partial charge in [0, 0.05) is 0 Å². The molecule has 9 heteroatoms. The van der Waals surface area contributed by atoms with Crippen molar-refractivity contribution >= 4 is 40.1 Å². The van der Waals surface area contributed by atoms with E-state index in [1.807, 2.05) is 0 Å². The molecule has 4 rings (SSSR count). The number of halogens is 4. The second-order valence-corrected chi connectivity index (χ2v) is 6.50. The molecule has 1 aromatic heterocycles. The quantitative estimate of drug-likeness (QED) is 0.613. The molecule has 0 bridgehead atoms. The molecule has 1 aliphatic rings. The molecule has 0 aliphatic carbocycles. The van der Waals surface area contributed by atoms with Gasteiger partial charge in [0.15, 0.2) is 0 Å². The summed E-state index contributed by atoms with van der Waals surface area (Å²) in [5.41, 5.74) is 0.0621. The number of anilines is 1. The normalized spacial score (nSPS) is 17.9. The second-order valence-electron chi connectivity index (χ2n) is 6.09. The summed E-state index contributed by atoms with van der Waals surface area (Å²) in [6.07, 6.45) is -3.41. The van der Waals surface area contributed by atoms with Gasteiger partial charge >= 0.3 is 6.18 Å². The van der Waals surface area contributed by atoms with Gasteiger partial charge in [0.05, 0.1) is 40.1 Å². The van der Waals surface area contributed by atoms with Gasteiger partial charge in [-0.15, -0.1) is 0 Å². The SMILES string of the molecule is O=C1C[C@H](n2cnc3ccccc32)C(=O)N1c1ccc(Cl)c(C(F)(F)F)c1. The highest BCUT2D eigenvalue weighted by Crippen LogP contribution is 2.39. The van der Waals surface area contributed by atoms with Gasteiger partial charge in [0.25, 0.3) is 5.91 Å². The van der Waals surface area contributed by atoms with Crippen LogP contribution in [0, 0.1) is 0 Å². The Morgan fingerprint density at radius 3 is 2.59 bits per heavy atom. The highest BCUT2D eigenvalue weighted by molar-refractivity contribution is 6.31. The van der Waals surface area contributed by atoms with E-state index in [-0.39, 0.29) is 12.1 Å². The van der Waals surface area contributed by atoms with E-state index in [0.29, 0.717) is 17.1 Å². The summed E-state index contributed by atoms with van der Waals surface area (Å²) >= 11 is 5.61. The number of aromatic nitrogens is 2. The first-order valence-electron chi connectivity index (χ1n) is 7.92. The van der Waals surface area contributed by atoms with Gasteiger partial charge in [0.2, 0.25) is 5.91 Å².